The van der Waals surface area contributed by atoms with Gasteiger partial charge < -0.3 is 15.5 Å². The standard InChI is InChI=1S/C27H37Cl2N3O/c1-19(2)26(31-27(33)23-7-4-20(5-8-23)10-13-30)18-32(3)14-11-21(12-15-32)16-22-6-9-24(28)25(29)17-22/h4-9,17,19,21,26H,10-16,18,30H2,1-3H3/p+1/t21?,26-,32?/m0/s1. The smallest absolute Gasteiger partial charge is 0.251 e. The molecule has 0 unspecified atom stereocenters. The maximum absolute atomic E-state index is 12.9. The number of halogens is 2. The van der Waals surface area contributed by atoms with Crippen LogP contribution in [0.15, 0.2) is 42.5 Å². The lowest BCUT2D eigenvalue weighted by molar-refractivity contribution is -0.916. The number of nitrogens with one attached hydrogen (secondary N) is 1. The SMILES string of the molecule is CC(C)[C@H](C[N+]1(C)CCC(Cc2ccc(Cl)c(Cl)c2)CC1)NC(=O)c1ccc(CCN)cc1. The third-order valence-corrected chi connectivity index (χ3v) is 7.81. The highest BCUT2D eigenvalue weighted by Crippen LogP contribution is 2.29. The molecule has 1 aliphatic heterocycles. The molecule has 3 N–H and O–H groups in total. The van der Waals surface area contributed by atoms with Gasteiger partial charge in [-0.05, 0) is 79.5 Å². The Kier molecular flexibility index (Phi) is 9.23. The molecule has 6 heteroatoms. The summed E-state index contributed by atoms with van der Waals surface area (Å²) >= 11 is 12.3. The summed E-state index contributed by atoms with van der Waals surface area (Å²) in [6, 6.07) is 13.9. The number of carbonyl (C=O) groups excluding carboxylic acids is 1. The van der Waals surface area contributed by atoms with Crippen molar-refractivity contribution in [3.63, 3.8) is 0 Å². The van der Waals surface area contributed by atoms with E-state index in [2.05, 4.69) is 32.3 Å². The minimum Gasteiger partial charge on any atom is -0.343 e. The van der Waals surface area contributed by atoms with Gasteiger partial charge in [0.2, 0.25) is 0 Å². The maximum atomic E-state index is 12.9. The van der Waals surface area contributed by atoms with E-state index in [1.165, 1.54) is 18.4 Å². The van der Waals surface area contributed by atoms with E-state index in [0.717, 1.165) is 42.5 Å². The molecule has 1 amide bonds. The fraction of sp³-hybridized carbons (Fsp3) is 0.519. The number of hydrogen-bond acceptors (Lipinski definition) is 2. The van der Waals surface area contributed by atoms with Gasteiger partial charge in [-0.15, -0.1) is 0 Å². The number of nitrogens with zero attached hydrogens (tertiary/aromatic N) is 1. The summed E-state index contributed by atoms with van der Waals surface area (Å²) in [5, 5.41) is 4.56. The number of likely N-dealkylation sites (tertiary alicyclic amines) is 1. The molecule has 2 aromatic rings. The van der Waals surface area contributed by atoms with Crippen LogP contribution in [-0.4, -0.2) is 49.7 Å². The largest absolute Gasteiger partial charge is 0.343 e. The van der Waals surface area contributed by atoms with Crippen molar-refractivity contribution in [2.45, 2.75) is 45.6 Å². The van der Waals surface area contributed by atoms with Crippen molar-refractivity contribution < 1.29 is 9.28 Å². The molecule has 3 rings (SSSR count). The van der Waals surface area contributed by atoms with Crippen LogP contribution in [0.3, 0.4) is 0 Å². The van der Waals surface area contributed by atoms with Crippen LogP contribution in [0.25, 0.3) is 0 Å². The Hall–Kier alpha value is -1.59. The average Bonchev–Trinajstić information content (AvgIpc) is 2.78. The van der Waals surface area contributed by atoms with Gasteiger partial charge in [0.05, 0.1) is 42.8 Å². The van der Waals surface area contributed by atoms with Gasteiger partial charge in [-0.2, -0.15) is 0 Å². The lowest BCUT2D eigenvalue weighted by Crippen LogP contribution is -2.58. The molecular formula is C27H38Cl2N3O+. The molecule has 0 bridgehead atoms. The van der Waals surface area contributed by atoms with Crippen LogP contribution in [0, 0.1) is 11.8 Å². The molecule has 0 radical (unpaired) electrons. The van der Waals surface area contributed by atoms with Crippen molar-refractivity contribution in [1.82, 2.24) is 5.32 Å². The molecular weight excluding hydrogens is 453 g/mol. The second-order valence-corrected chi connectivity index (χ2v) is 11.0. The summed E-state index contributed by atoms with van der Waals surface area (Å²) in [6.07, 6.45) is 4.23. The zero-order chi connectivity index (χ0) is 24.0. The molecule has 0 saturated carbocycles. The van der Waals surface area contributed by atoms with Crippen molar-refractivity contribution in [2.75, 3.05) is 33.2 Å². The van der Waals surface area contributed by atoms with E-state index in [9.17, 15) is 4.79 Å². The van der Waals surface area contributed by atoms with Gasteiger partial charge in [-0.3, -0.25) is 4.79 Å². The maximum Gasteiger partial charge on any atom is 0.251 e. The highest BCUT2D eigenvalue weighted by Gasteiger charge is 2.34. The topological polar surface area (TPSA) is 55.1 Å². The first-order chi connectivity index (χ1) is 15.7. The third kappa shape index (κ3) is 7.45. The first-order valence-electron chi connectivity index (χ1n) is 12.1. The van der Waals surface area contributed by atoms with E-state index in [1.807, 2.05) is 36.4 Å². The van der Waals surface area contributed by atoms with Gasteiger partial charge in [0.1, 0.15) is 0 Å². The predicted molar refractivity (Wildman–Crippen MR) is 139 cm³/mol. The van der Waals surface area contributed by atoms with Gasteiger partial charge in [-0.25, -0.2) is 0 Å². The molecule has 0 aliphatic carbocycles. The number of piperidine rings is 1. The van der Waals surface area contributed by atoms with E-state index in [4.69, 9.17) is 28.9 Å². The Balaban J connectivity index is 1.55. The lowest BCUT2D eigenvalue weighted by Gasteiger charge is -2.43. The summed E-state index contributed by atoms with van der Waals surface area (Å²) < 4.78 is 0.996. The highest BCUT2D eigenvalue weighted by atomic mass is 35.5. The minimum absolute atomic E-state index is 0.00843. The van der Waals surface area contributed by atoms with E-state index in [0.29, 0.717) is 34.0 Å². The molecule has 1 heterocycles. The van der Waals surface area contributed by atoms with Gasteiger partial charge in [0.25, 0.3) is 5.91 Å². The van der Waals surface area contributed by atoms with Crippen molar-refractivity contribution in [3.8, 4) is 0 Å². The van der Waals surface area contributed by atoms with E-state index >= 15 is 0 Å². The number of benzene rings is 2. The highest BCUT2D eigenvalue weighted by molar-refractivity contribution is 6.42. The normalized spacial score (nSPS) is 21.7. The van der Waals surface area contributed by atoms with Gasteiger partial charge in [0.15, 0.2) is 0 Å². The second kappa shape index (κ2) is 11.7. The predicted octanol–water partition coefficient (Wildman–Crippen LogP) is 5.35. The summed E-state index contributed by atoms with van der Waals surface area (Å²) in [7, 11) is 2.33. The number of nitrogens with two attached hydrogens (primary N) is 1. The molecule has 4 nitrogen and oxygen atoms in total. The fourth-order valence-corrected chi connectivity index (χ4v) is 5.09. The number of amides is 1. The van der Waals surface area contributed by atoms with Crippen LogP contribution in [0.4, 0.5) is 0 Å². The lowest BCUT2D eigenvalue weighted by atomic mass is 9.88. The molecule has 1 aliphatic rings. The van der Waals surface area contributed by atoms with E-state index in [1.54, 1.807) is 0 Å². The Morgan fingerprint density at radius 1 is 1.06 bits per heavy atom. The monoisotopic (exact) mass is 490 g/mol. The summed E-state index contributed by atoms with van der Waals surface area (Å²) in [5.41, 5.74) is 8.76. The van der Waals surface area contributed by atoms with Crippen molar-refractivity contribution in [1.29, 1.82) is 0 Å². The Morgan fingerprint density at radius 3 is 2.27 bits per heavy atom. The zero-order valence-electron chi connectivity index (χ0n) is 20.1. The van der Waals surface area contributed by atoms with Crippen LogP contribution in [0.2, 0.25) is 10.0 Å². The molecule has 0 aromatic heterocycles. The molecule has 1 atom stereocenters. The number of quaternary nitrogens is 1. The molecule has 33 heavy (non-hydrogen) atoms. The number of likely N-dealkylation sites (N-methyl/N-ethyl adjacent to an activating group) is 1. The first kappa shape index (κ1) is 26.0. The van der Waals surface area contributed by atoms with Gasteiger partial charge in [-0.1, -0.05) is 55.2 Å². The molecule has 1 fully saturated rings. The molecule has 2 aromatic carbocycles. The summed E-state index contributed by atoms with van der Waals surface area (Å²) in [4.78, 5) is 12.9. The molecule has 1 saturated heterocycles. The molecule has 0 spiro atoms. The molecule has 180 valence electrons. The quantitative estimate of drug-likeness (QED) is 0.465. The number of rotatable bonds is 9. The van der Waals surface area contributed by atoms with Crippen LogP contribution >= 0.6 is 23.2 Å². The van der Waals surface area contributed by atoms with Crippen LogP contribution < -0.4 is 11.1 Å². The Labute approximate surface area is 209 Å². The fourth-order valence-electron chi connectivity index (χ4n) is 4.77. The number of hydrogen-bond donors (Lipinski definition) is 2. The number of carbonyl (C=O) groups is 1. The Morgan fingerprint density at radius 2 is 1.70 bits per heavy atom. The van der Waals surface area contributed by atoms with E-state index < -0.39 is 0 Å². The summed E-state index contributed by atoms with van der Waals surface area (Å²) in [5.74, 6) is 1.04. The summed E-state index contributed by atoms with van der Waals surface area (Å²) in [6.45, 7) is 8.20. The van der Waals surface area contributed by atoms with Crippen molar-refractivity contribution in [3.05, 3.63) is 69.2 Å². The average molecular weight is 492 g/mol. The first-order valence-corrected chi connectivity index (χ1v) is 12.8. The van der Waals surface area contributed by atoms with Crippen LogP contribution in [-0.2, 0) is 12.8 Å². The van der Waals surface area contributed by atoms with Crippen molar-refractivity contribution >= 4 is 29.1 Å². The van der Waals surface area contributed by atoms with E-state index in [-0.39, 0.29) is 11.9 Å². The second-order valence-electron chi connectivity index (χ2n) is 10.2. The zero-order valence-corrected chi connectivity index (χ0v) is 21.6. The van der Waals surface area contributed by atoms with Crippen molar-refractivity contribution in [2.24, 2.45) is 17.6 Å². The van der Waals surface area contributed by atoms with Crippen LogP contribution in [0.5, 0.6) is 0 Å². The van der Waals surface area contributed by atoms with Crippen LogP contribution in [0.1, 0.15) is 48.2 Å². The third-order valence-electron chi connectivity index (χ3n) is 7.07. The minimum atomic E-state index is 0.00843. The van der Waals surface area contributed by atoms with Gasteiger partial charge >= 0.3 is 0 Å². The van der Waals surface area contributed by atoms with Gasteiger partial charge in [0, 0.05) is 5.56 Å². The Bertz CT molecular complexity index is 921.